The molecule has 694 valence electrons. The SMILES string of the molecule is COC(=O)c1sc(C#CC(C)(C)C)cc1N(C(=O)C1CCC(C)CC1)C1CCC(=O)CC1.[2H]C1([2H])CC(N(C(=O)C2CCC(C)CC2)c2cc(C#CC(C)(C)C)sc2C(=O)O)CC([2H])([2H])C1([2H])O.[2H]C1([2H])CC(N(C(=O)C2CCC(C)CC2)c2cc(C#CC(C)(C)C)sc2C(=O)OC)CC([2H])([2H])C1([2H])O.[2H]C1([2H])CC(N(C(=O)C2CCC(C)CC2)c2cc(C#CC(C)(C)C)sc2C(=O)OC)CC([2H])([2H])C1=O. The van der Waals surface area contributed by atoms with E-state index in [1.807, 2.05) is 94.1 Å². The third kappa shape index (κ3) is 30.0. The van der Waals surface area contributed by atoms with Crippen LogP contribution in [0, 0.1) is 116 Å². The lowest BCUT2D eigenvalue weighted by molar-refractivity contribution is -0.126. The second-order valence-corrected chi connectivity index (χ2v) is 43.5. The number of carbonyl (C=O) groups excluding carboxylic acids is 9. The molecule has 0 aliphatic heterocycles. The Balaban J connectivity index is 0.000000210. The fourth-order valence-electron chi connectivity index (χ4n) is 16.6. The molecule has 0 spiro atoms. The van der Waals surface area contributed by atoms with Crippen molar-refractivity contribution < 1.29 is 96.7 Å². The smallest absolute Gasteiger partial charge is 0.350 e. The van der Waals surface area contributed by atoms with Gasteiger partial charge in [-0.05, 0) is 311 Å². The standard InChI is InChI=1S/C26H37NO4S.2C26H35NO4S.C25H35NO4S/c3*1-17-6-8-18(9-7-17)24(29)27(19-10-12-20(28)13-11-19)22-16-21(14-15-26(2,3)4)32-23(22)25(30)31-5;1-16-5-7-17(8-6-16)23(28)26(18-9-11-19(27)12-10-18)21-15-20(13-14-25(2,3)4)31-22(21)24(29)30/h16-20,28H,6-13H2,1-5H3;2*16-19H,6-13H2,1-5H3;15-19,27H,5-12H2,1-4H3,(H,29,30)/i12D2,13D2,20D;12D2,13D2;;11D2,12D2,19D. The molecule has 0 unspecified atom stereocenters. The number of rotatable bonds is 16. The van der Waals surface area contributed by atoms with Crippen molar-refractivity contribution in [1.82, 2.24) is 0 Å². The summed E-state index contributed by atoms with van der Waals surface area (Å²) < 4.78 is 130. The minimum absolute atomic E-state index is 0.0432. The highest BCUT2D eigenvalue weighted by Gasteiger charge is 2.44. The van der Waals surface area contributed by atoms with Gasteiger partial charge < -0.3 is 49.1 Å². The van der Waals surface area contributed by atoms with E-state index >= 15 is 0 Å². The molecule has 12 rings (SSSR count). The zero-order chi connectivity index (χ0) is 106. The number of anilines is 4. The first-order chi connectivity index (χ1) is 64.9. The number of carbonyl (C=O) groups is 10. The number of ether oxygens (including phenoxy) is 3. The molecule has 0 atom stereocenters. The van der Waals surface area contributed by atoms with Gasteiger partial charge in [0.2, 0.25) is 23.6 Å². The average Bonchev–Trinajstić information content (AvgIpc) is 1.03. The van der Waals surface area contributed by atoms with E-state index < -0.39 is 130 Å². The highest BCUT2D eigenvalue weighted by Crippen LogP contribution is 2.46. The van der Waals surface area contributed by atoms with Crippen molar-refractivity contribution in [3.8, 4) is 47.4 Å². The number of nitrogens with zero attached hydrogens (tertiary/aromatic N) is 4. The molecular weight excluding hydrogens is 1680 g/mol. The number of esters is 3. The zero-order valence-electron chi connectivity index (χ0n) is 91.7. The van der Waals surface area contributed by atoms with Gasteiger partial charge in [0.15, 0.2) is 0 Å². The van der Waals surface area contributed by atoms with E-state index in [1.54, 1.807) is 12.1 Å². The van der Waals surface area contributed by atoms with Crippen molar-refractivity contribution in [1.29, 1.82) is 0 Å². The molecule has 20 nitrogen and oxygen atoms in total. The van der Waals surface area contributed by atoms with E-state index in [-0.39, 0.29) is 119 Å². The van der Waals surface area contributed by atoms with Crippen molar-refractivity contribution in [3.63, 3.8) is 0 Å². The van der Waals surface area contributed by atoms with Crippen LogP contribution in [0.2, 0.25) is 0 Å². The van der Waals surface area contributed by atoms with Gasteiger partial charge in [-0.15, -0.1) is 45.3 Å². The Morgan fingerprint density at radius 1 is 0.354 bits per heavy atom. The van der Waals surface area contributed by atoms with Crippen LogP contribution in [0.4, 0.5) is 22.7 Å². The van der Waals surface area contributed by atoms with Crippen molar-refractivity contribution in [2.75, 3.05) is 40.9 Å². The summed E-state index contributed by atoms with van der Waals surface area (Å²) in [4.78, 5) is 139. The number of ketones is 2. The highest BCUT2D eigenvalue weighted by molar-refractivity contribution is 7.16. The van der Waals surface area contributed by atoms with Crippen LogP contribution in [0.5, 0.6) is 0 Å². The number of hydrogen-bond donors (Lipinski definition) is 3. The predicted octanol–water partition coefficient (Wildman–Crippen LogP) is 21.9. The molecule has 127 heavy (non-hydrogen) atoms. The Bertz CT molecular complexity index is 5440. The number of methoxy groups -OCH3 is 3. The fraction of sp³-hybridized carbons (Fsp3) is 0.670. The number of carboxylic acid groups (broad SMARTS) is 1. The first kappa shape index (κ1) is 83.4. The molecule has 0 bridgehead atoms. The van der Waals surface area contributed by atoms with Crippen molar-refractivity contribution >= 4 is 127 Å². The topological polar surface area (TPSA) is 272 Å². The Hall–Kier alpha value is -7.94. The third-order valence-electron chi connectivity index (χ3n) is 23.8. The summed E-state index contributed by atoms with van der Waals surface area (Å²) in [6.45, 7) is 32.2. The van der Waals surface area contributed by atoms with Gasteiger partial charge in [0.05, 0.1) is 78.5 Å². The van der Waals surface area contributed by atoms with Gasteiger partial charge in [-0.3, -0.25) is 28.8 Å². The number of hydrogen-bond acceptors (Lipinski definition) is 19. The molecule has 0 aromatic carbocycles. The largest absolute Gasteiger partial charge is 0.477 e. The maximum absolute atomic E-state index is 14.1. The van der Waals surface area contributed by atoms with E-state index in [1.165, 1.54) is 53.4 Å². The molecule has 8 aliphatic rings. The van der Waals surface area contributed by atoms with E-state index in [4.69, 9.17) is 33.4 Å². The number of aromatic carboxylic acids is 1. The van der Waals surface area contributed by atoms with Crippen LogP contribution in [0.25, 0.3) is 0 Å². The molecule has 0 radical (unpaired) electrons. The maximum atomic E-state index is 14.1. The molecule has 8 fully saturated rings. The lowest BCUT2D eigenvalue weighted by Gasteiger charge is -2.38. The van der Waals surface area contributed by atoms with Crippen LogP contribution in [0.15, 0.2) is 24.3 Å². The van der Waals surface area contributed by atoms with Crippen LogP contribution in [0.3, 0.4) is 0 Å². The van der Waals surface area contributed by atoms with E-state index in [2.05, 4.69) is 75.1 Å². The number of thiophene rings is 4. The van der Waals surface area contributed by atoms with Gasteiger partial charge in [-0.2, -0.15) is 0 Å². The van der Waals surface area contributed by atoms with Gasteiger partial charge in [0.1, 0.15) is 31.1 Å². The maximum Gasteiger partial charge on any atom is 0.350 e. The van der Waals surface area contributed by atoms with Gasteiger partial charge in [-0.25, -0.2) is 19.2 Å². The normalized spacial score (nSPS) is 29.4. The number of aliphatic hydroxyl groups is 2. The van der Waals surface area contributed by atoms with Crippen LogP contribution < -0.4 is 19.6 Å². The second-order valence-electron chi connectivity index (χ2n) is 39.3. The molecule has 0 saturated heterocycles. The Labute approximate surface area is 792 Å². The zero-order valence-corrected chi connectivity index (χ0v) is 81.0. The van der Waals surface area contributed by atoms with Crippen molar-refractivity contribution in [3.05, 3.63) is 63.3 Å². The molecule has 4 heterocycles. The predicted molar refractivity (Wildman–Crippen MR) is 509 cm³/mol. The average molecular weight is 1830 g/mol. The molecule has 3 N–H and O–H groups in total. The van der Waals surface area contributed by atoms with Crippen LogP contribution >= 0.6 is 45.3 Å². The van der Waals surface area contributed by atoms with Crippen LogP contribution in [-0.2, 0) is 43.0 Å². The van der Waals surface area contributed by atoms with Gasteiger partial charge in [-0.1, -0.05) is 75.1 Å². The van der Waals surface area contributed by atoms with Gasteiger partial charge >= 0.3 is 23.9 Å². The molecule has 4 amide bonds. The first-order valence-corrected chi connectivity index (χ1v) is 48.2. The van der Waals surface area contributed by atoms with E-state index in [0.29, 0.717) is 113 Å². The van der Waals surface area contributed by atoms with Gasteiger partial charge in [0, 0.05) is 112 Å². The van der Waals surface area contributed by atoms with E-state index in [9.17, 15) is 63.3 Å². The molecule has 24 heteroatoms. The summed E-state index contributed by atoms with van der Waals surface area (Å²) in [6, 6.07) is 3.51. The minimum Gasteiger partial charge on any atom is -0.477 e. The molecular formula is C103H142N4O16S4. The number of Topliss-reactive ketones (excluding diaryl/α,β-unsaturated/α-hetero) is 2. The van der Waals surface area contributed by atoms with Crippen LogP contribution in [0.1, 0.15) is 393 Å². The first-order valence-electron chi connectivity index (χ1n) is 51.9. The quantitative estimate of drug-likeness (QED) is 0.0534. The van der Waals surface area contributed by atoms with Gasteiger partial charge in [0.25, 0.3) is 0 Å². The fourth-order valence-corrected chi connectivity index (χ4v) is 20.2. The summed E-state index contributed by atoms with van der Waals surface area (Å²) in [6.07, 6.45) is -9.12. The third-order valence-corrected chi connectivity index (χ3v) is 27.9. The summed E-state index contributed by atoms with van der Waals surface area (Å²) >= 11 is 4.37. The minimum atomic E-state index is -3.01. The Morgan fingerprint density at radius 2 is 0.575 bits per heavy atom. The summed E-state index contributed by atoms with van der Waals surface area (Å²) in [5, 5.41) is 30.9. The number of amides is 4. The van der Waals surface area contributed by atoms with Crippen LogP contribution in [-0.4, -0.2) is 132 Å². The molecule has 4 aromatic heterocycles. The summed E-state index contributed by atoms with van der Waals surface area (Å²) in [7, 11) is 3.84. The second kappa shape index (κ2) is 46.2. The Kier molecular flexibility index (Phi) is 30.4. The number of carboxylic acids is 1. The molecule has 8 saturated carbocycles. The monoisotopic (exact) mass is 1830 g/mol. The lowest BCUT2D eigenvalue weighted by Crippen LogP contribution is -2.47. The highest BCUT2D eigenvalue weighted by atomic mass is 32.1. The van der Waals surface area contributed by atoms with E-state index in [0.717, 1.165) is 103 Å². The van der Waals surface area contributed by atoms with Crippen molar-refractivity contribution in [2.24, 2.45) is 69.0 Å². The van der Waals surface area contributed by atoms with Crippen molar-refractivity contribution in [2.45, 2.75) is 352 Å². The summed E-state index contributed by atoms with van der Waals surface area (Å²) in [5.41, 5.74) is 0.0240. The molecule has 8 aliphatic carbocycles. The summed E-state index contributed by atoms with van der Waals surface area (Å²) in [5.74, 6) is 21.0. The Morgan fingerprint density at radius 3 is 0.803 bits per heavy atom. The lowest BCUT2D eigenvalue weighted by atomic mass is 9.81. The molecule has 4 aromatic rings.